The number of para-hydroxylation sites is 3. The smallest absolute Gasteiger partial charge is 0.252 e. The summed E-state index contributed by atoms with van der Waals surface area (Å²) in [5, 5.41) is 2.67. The lowest BCUT2D eigenvalue weighted by atomic mass is 9.34. The van der Waals surface area contributed by atoms with E-state index in [1.165, 1.54) is 79.3 Å². The maximum absolute atomic E-state index is 2.51. The van der Waals surface area contributed by atoms with Crippen LogP contribution in [0.4, 0.5) is 17.1 Å². The summed E-state index contributed by atoms with van der Waals surface area (Å²) >= 11 is 0. The number of hydrogen-bond acceptors (Lipinski definition) is 1. The monoisotopic (exact) mass is 474 g/mol. The van der Waals surface area contributed by atoms with E-state index in [-0.39, 0.29) is 6.71 Å². The maximum Gasteiger partial charge on any atom is 0.252 e. The van der Waals surface area contributed by atoms with E-state index in [9.17, 15) is 0 Å². The molecule has 0 N–H and O–H groups in total. The number of anilines is 3. The molecule has 2 aliphatic heterocycles. The number of aromatic nitrogens is 1. The van der Waals surface area contributed by atoms with Crippen molar-refractivity contribution in [1.82, 2.24) is 4.57 Å². The number of benzene rings is 5. The fourth-order valence-corrected chi connectivity index (χ4v) is 6.78. The zero-order valence-corrected chi connectivity index (χ0v) is 21.0. The highest BCUT2D eigenvalue weighted by Crippen LogP contribution is 2.41. The van der Waals surface area contributed by atoms with E-state index in [4.69, 9.17) is 0 Å². The fourth-order valence-electron chi connectivity index (χ4n) is 6.78. The average molecular weight is 474 g/mol. The molecule has 2 aliphatic rings. The molecule has 6 aromatic rings. The van der Waals surface area contributed by atoms with Crippen LogP contribution >= 0.6 is 0 Å². The van der Waals surface area contributed by atoms with E-state index in [0.29, 0.717) is 0 Å². The van der Waals surface area contributed by atoms with Crippen molar-refractivity contribution in [2.45, 2.75) is 26.2 Å². The average Bonchev–Trinajstić information content (AvgIpc) is 3.30. The highest BCUT2D eigenvalue weighted by atomic mass is 15.2. The van der Waals surface area contributed by atoms with Crippen molar-refractivity contribution in [3.63, 3.8) is 0 Å². The summed E-state index contributed by atoms with van der Waals surface area (Å²) in [6, 6.07) is 40.8. The normalized spacial score (nSPS) is 13.2. The van der Waals surface area contributed by atoms with Gasteiger partial charge in [0.05, 0.1) is 5.52 Å². The number of fused-ring (bicyclic) bond motifs is 7. The predicted molar refractivity (Wildman–Crippen MR) is 159 cm³/mol. The summed E-state index contributed by atoms with van der Waals surface area (Å²) < 4.78 is 2.51. The zero-order chi connectivity index (χ0) is 24.5. The molecule has 0 unspecified atom stereocenters. The molecule has 0 saturated heterocycles. The molecule has 2 nitrogen and oxygen atoms in total. The first kappa shape index (κ1) is 20.9. The van der Waals surface area contributed by atoms with E-state index < -0.39 is 0 Å². The summed E-state index contributed by atoms with van der Waals surface area (Å²) in [5.41, 5.74) is 13.4. The van der Waals surface area contributed by atoms with Crippen molar-refractivity contribution >= 4 is 62.0 Å². The summed E-state index contributed by atoms with van der Waals surface area (Å²) in [7, 11) is 0. The van der Waals surface area contributed by atoms with Gasteiger partial charge < -0.3 is 9.47 Å². The Labute approximate surface area is 217 Å². The van der Waals surface area contributed by atoms with Crippen LogP contribution in [0.25, 0.3) is 27.5 Å². The minimum atomic E-state index is 0.210. The van der Waals surface area contributed by atoms with Crippen molar-refractivity contribution in [1.29, 1.82) is 0 Å². The third kappa shape index (κ3) is 2.83. The second-order valence-corrected chi connectivity index (χ2v) is 10.4. The van der Waals surface area contributed by atoms with Gasteiger partial charge in [-0.1, -0.05) is 86.1 Å². The van der Waals surface area contributed by atoms with Gasteiger partial charge in [0.15, 0.2) is 0 Å². The molecule has 0 atom stereocenters. The highest BCUT2D eigenvalue weighted by molar-refractivity contribution is 7.00. The van der Waals surface area contributed by atoms with Gasteiger partial charge in [0, 0.05) is 39.0 Å². The SMILES string of the molecule is CCCCc1ccc2c(c1)N(c1ccccc1)c1cccc3c1B2c1cccc2c4ccccc4n-3c12. The molecule has 1 aromatic heterocycles. The van der Waals surface area contributed by atoms with Crippen LogP contribution in [-0.2, 0) is 6.42 Å². The first-order valence-electron chi connectivity index (χ1n) is 13.5. The van der Waals surface area contributed by atoms with Gasteiger partial charge in [-0.3, -0.25) is 0 Å². The van der Waals surface area contributed by atoms with Crippen LogP contribution < -0.4 is 21.3 Å². The van der Waals surface area contributed by atoms with Crippen LogP contribution in [0.15, 0.2) is 109 Å². The molecule has 176 valence electrons. The second kappa shape index (κ2) is 7.88. The number of hydrogen-bond donors (Lipinski definition) is 0. The molecule has 0 radical (unpaired) electrons. The molecule has 5 aromatic carbocycles. The largest absolute Gasteiger partial charge is 0.311 e. The molecule has 0 aliphatic carbocycles. The predicted octanol–water partition coefficient (Wildman–Crippen LogP) is 6.74. The number of aryl methyl sites for hydroxylation is 1. The van der Waals surface area contributed by atoms with E-state index in [2.05, 4.69) is 126 Å². The summed E-state index contributed by atoms with van der Waals surface area (Å²) in [5.74, 6) is 0. The molecule has 3 heteroatoms. The Hall–Kier alpha value is -4.24. The molecule has 0 bridgehead atoms. The summed E-state index contributed by atoms with van der Waals surface area (Å²) in [4.78, 5) is 2.50. The van der Waals surface area contributed by atoms with Crippen LogP contribution in [0.1, 0.15) is 25.3 Å². The van der Waals surface area contributed by atoms with Gasteiger partial charge in [0.2, 0.25) is 0 Å². The third-order valence-corrected chi connectivity index (χ3v) is 8.35. The minimum Gasteiger partial charge on any atom is -0.311 e. The molecule has 0 spiro atoms. The number of rotatable bonds is 4. The number of nitrogens with zero attached hydrogens (tertiary/aromatic N) is 2. The Morgan fingerprint density at radius 2 is 1.43 bits per heavy atom. The van der Waals surface area contributed by atoms with Crippen LogP contribution in [0.2, 0.25) is 0 Å². The van der Waals surface area contributed by atoms with Crippen LogP contribution in [0, 0.1) is 0 Å². The van der Waals surface area contributed by atoms with Crippen LogP contribution in [0.5, 0.6) is 0 Å². The van der Waals surface area contributed by atoms with Crippen molar-refractivity contribution in [3.05, 3.63) is 115 Å². The van der Waals surface area contributed by atoms with E-state index >= 15 is 0 Å². The molecule has 0 fully saturated rings. The standard InChI is InChI=1S/C34H27BN2/c1-2-3-11-23-20-21-27-32(22-23)36(24-12-5-4-6-13-24)30-18-10-19-31-33(30)35(27)28-16-9-15-26-25-14-7-8-17-29(25)37(31)34(26)28/h4-10,12-22H,2-3,11H2,1H3. The van der Waals surface area contributed by atoms with Gasteiger partial charge in [0.1, 0.15) is 0 Å². The van der Waals surface area contributed by atoms with Crippen molar-refractivity contribution in [3.8, 4) is 5.69 Å². The molecular weight excluding hydrogens is 447 g/mol. The number of unbranched alkanes of at least 4 members (excludes halogenated alkanes) is 1. The van der Waals surface area contributed by atoms with E-state index in [1.54, 1.807) is 0 Å². The Balaban J connectivity index is 1.50. The van der Waals surface area contributed by atoms with Crippen molar-refractivity contribution in [2.75, 3.05) is 4.90 Å². The topological polar surface area (TPSA) is 8.17 Å². The van der Waals surface area contributed by atoms with Gasteiger partial charge in [-0.25, -0.2) is 0 Å². The van der Waals surface area contributed by atoms with Crippen molar-refractivity contribution in [2.24, 2.45) is 0 Å². The fraction of sp³-hybridized carbons (Fsp3) is 0.118. The Morgan fingerprint density at radius 1 is 0.649 bits per heavy atom. The first-order chi connectivity index (χ1) is 18.3. The lowest BCUT2D eigenvalue weighted by Crippen LogP contribution is -2.60. The Bertz CT molecular complexity index is 1830. The van der Waals surface area contributed by atoms with E-state index in [1.807, 2.05) is 0 Å². The molecule has 0 saturated carbocycles. The summed E-state index contributed by atoms with van der Waals surface area (Å²) in [6.07, 6.45) is 3.54. The lowest BCUT2D eigenvalue weighted by molar-refractivity contribution is 0.795. The van der Waals surface area contributed by atoms with Crippen LogP contribution in [0.3, 0.4) is 0 Å². The van der Waals surface area contributed by atoms with Crippen molar-refractivity contribution < 1.29 is 0 Å². The quantitative estimate of drug-likeness (QED) is 0.257. The molecule has 37 heavy (non-hydrogen) atoms. The molecule has 8 rings (SSSR count). The van der Waals surface area contributed by atoms with Gasteiger partial charge in [-0.2, -0.15) is 0 Å². The minimum absolute atomic E-state index is 0.210. The third-order valence-electron chi connectivity index (χ3n) is 8.35. The lowest BCUT2D eigenvalue weighted by Gasteiger charge is -2.40. The van der Waals surface area contributed by atoms with Crippen LogP contribution in [-0.4, -0.2) is 11.3 Å². The molecule has 0 amide bonds. The van der Waals surface area contributed by atoms with E-state index in [0.717, 1.165) is 6.42 Å². The Morgan fingerprint density at radius 3 is 2.32 bits per heavy atom. The first-order valence-corrected chi connectivity index (χ1v) is 13.5. The molecule has 3 heterocycles. The summed E-state index contributed by atoms with van der Waals surface area (Å²) in [6.45, 7) is 2.48. The zero-order valence-electron chi connectivity index (χ0n) is 21.0. The Kier molecular flexibility index (Phi) is 4.45. The second-order valence-electron chi connectivity index (χ2n) is 10.4. The molecular formula is C34H27BN2. The van der Waals surface area contributed by atoms with Gasteiger partial charge in [-0.15, -0.1) is 0 Å². The van der Waals surface area contributed by atoms with Gasteiger partial charge >= 0.3 is 0 Å². The maximum atomic E-state index is 2.51. The van der Waals surface area contributed by atoms with Gasteiger partial charge in [-0.05, 0) is 71.2 Å². The highest BCUT2D eigenvalue weighted by Gasteiger charge is 2.41. The van der Waals surface area contributed by atoms with Gasteiger partial charge in [0.25, 0.3) is 6.71 Å².